The van der Waals surface area contributed by atoms with Crippen molar-refractivity contribution in [1.82, 2.24) is 0 Å². The Morgan fingerprint density at radius 3 is 2.31 bits per heavy atom. The molecule has 2 aliphatic rings. The molecule has 32 heavy (non-hydrogen) atoms. The minimum Gasteiger partial charge on any atom is -0.493 e. The van der Waals surface area contributed by atoms with E-state index in [2.05, 4.69) is 6.08 Å². The standard InChI is InChI=1S/C25H36O7/c1-14(2)20-17(11-15(3)9-8-10-25(4)23(32-25)21(20)26)31-24(27)16-12-18(28-5)22(30-7)19(13-16)29-6/h9,12-14,17,20-21,23,26H,8,10-11H2,1-7H3/b15-9+. The number of hydrogen-bond acceptors (Lipinski definition) is 7. The number of fused-ring (bicyclic) bond motifs is 1. The number of ether oxygens (including phenoxy) is 5. The Kier molecular flexibility index (Phi) is 7.40. The van der Waals surface area contributed by atoms with Crippen molar-refractivity contribution in [2.24, 2.45) is 11.8 Å². The normalized spacial score (nSPS) is 31.7. The van der Waals surface area contributed by atoms with Crippen LogP contribution in [0.3, 0.4) is 0 Å². The summed E-state index contributed by atoms with van der Waals surface area (Å²) < 4.78 is 28.1. The maximum atomic E-state index is 13.2. The van der Waals surface area contributed by atoms with E-state index >= 15 is 0 Å². The predicted molar refractivity (Wildman–Crippen MR) is 121 cm³/mol. The third-order valence-electron chi connectivity index (χ3n) is 6.66. The van der Waals surface area contributed by atoms with Gasteiger partial charge in [-0.05, 0) is 44.7 Å². The number of hydrogen-bond donors (Lipinski definition) is 1. The van der Waals surface area contributed by atoms with Gasteiger partial charge in [0.15, 0.2) is 11.5 Å². The molecule has 178 valence electrons. The van der Waals surface area contributed by atoms with E-state index in [0.29, 0.717) is 29.2 Å². The van der Waals surface area contributed by atoms with Crippen LogP contribution in [-0.4, -0.2) is 56.3 Å². The van der Waals surface area contributed by atoms with Crippen molar-refractivity contribution >= 4 is 5.97 Å². The van der Waals surface area contributed by atoms with Gasteiger partial charge in [0.25, 0.3) is 0 Å². The summed E-state index contributed by atoms with van der Waals surface area (Å²) in [5, 5.41) is 11.2. The number of rotatable bonds is 6. The van der Waals surface area contributed by atoms with E-state index < -0.39 is 18.2 Å². The van der Waals surface area contributed by atoms with Crippen LogP contribution in [0.15, 0.2) is 23.8 Å². The van der Waals surface area contributed by atoms with Gasteiger partial charge in [-0.3, -0.25) is 0 Å². The first-order valence-electron chi connectivity index (χ1n) is 11.2. The van der Waals surface area contributed by atoms with Gasteiger partial charge in [-0.2, -0.15) is 0 Å². The molecule has 1 heterocycles. The van der Waals surface area contributed by atoms with Crippen molar-refractivity contribution in [1.29, 1.82) is 0 Å². The van der Waals surface area contributed by atoms with Crippen molar-refractivity contribution in [2.45, 2.75) is 70.9 Å². The van der Waals surface area contributed by atoms with Gasteiger partial charge >= 0.3 is 5.97 Å². The zero-order valence-corrected chi connectivity index (χ0v) is 20.1. The second kappa shape index (κ2) is 9.71. The SMILES string of the molecule is COc1cc(C(=O)OC2C/C(C)=C/CCC3(C)OC3C(O)C2C(C)C)cc(OC)c1OC. The van der Waals surface area contributed by atoms with Gasteiger partial charge < -0.3 is 28.8 Å². The lowest BCUT2D eigenvalue weighted by atomic mass is 9.78. The van der Waals surface area contributed by atoms with Gasteiger partial charge in [0.1, 0.15) is 12.2 Å². The van der Waals surface area contributed by atoms with Gasteiger partial charge in [-0.1, -0.05) is 25.5 Å². The van der Waals surface area contributed by atoms with Crippen LogP contribution in [-0.2, 0) is 9.47 Å². The number of carbonyl (C=O) groups excluding carboxylic acids is 1. The number of epoxide rings is 1. The molecule has 0 saturated carbocycles. The molecule has 1 fully saturated rings. The van der Waals surface area contributed by atoms with E-state index in [0.717, 1.165) is 18.4 Å². The molecule has 1 aliphatic heterocycles. The lowest BCUT2D eigenvalue weighted by Gasteiger charge is -2.34. The third kappa shape index (κ3) is 4.89. The summed E-state index contributed by atoms with van der Waals surface area (Å²) in [7, 11) is 4.51. The minimum atomic E-state index is -0.719. The molecular formula is C25H36O7. The Morgan fingerprint density at radius 1 is 1.16 bits per heavy atom. The Hall–Kier alpha value is -2.25. The molecule has 5 unspecified atom stereocenters. The van der Waals surface area contributed by atoms with Crippen LogP contribution >= 0.6 is 0 Å². The van der Waals surface area contributed by atoms with E-state index in [-0.39, 0.29) is 23.5 Å². The molecule has 1 saturated heterocycles. The molecule has 5 atom stereocenters. The first-order chi connectivity index (χ1) is 15.1. The van der Waals surface area contributed by atoms with E-state index in [4.69, 9.17) is 23.7 Å². The van der Waals surface area contributed by atoms with Crippen molar-refractivity contribution in [3.05, 3.63) is 29.3 Å². The number of methoxy groups -OCH3 is 3. The average molecular weight is 449 g/mol. The number of carbonyl (C=O) groups is 1. The number of allylic oxidation sites excluding steroid dienone is 1. The van der Waals surface area contributed by atoms with Crippen molar-refractivity contribution in [2.75, 3.05) is 21.3 Å². The Balaban J connectivity index is 1.93. The maximum Gasteiger partial charge on any atom is 0.338 e. The van der Waals surface area contributed by atoms with E-state index in [1.165, 1.54) is 21.3 Å². The monoisotopic (exact) mass is 448 g/mol. The van der Waals surface area contributed by atoms with E-state index in [1.807, 2.05) is 27.7 Å². The number of aliphatic hydroxyl groups is 1. The highest BCUT2D eigenvalue weighted by molar-refractivity contribution is 5.91. The molecule has 0 aromatic heterocycles. The minimum absolute atomic E-state index is 0.0865. The molecule has 0 amide bonds. The van der Waals surface area contributed by atoms with Crippen LogP contribution in [0, 0.1) is 11.8 Å². The van der Waals surface area contributed by atoms with Gasteiger partial charge in [-0.15, -0.1) is 0 Å². The maximum absolute atomic E-state index is 13.2. The molecule has 1 aliphatic carbocycles. The van der Waals surface area contributed by atoms with Crippen LogP contribution in [0.25, 0.3) is 0 Å². The molecule has 0 bridgehead atoms. The van der Waals surface area contributed by atoms with Gasteiger partial charge in [0.2, 0.25) is 5.75 Å². The highest BCUT2D eigenvalue weighted by Crippen LogP contribution is 2.47. The summed E-state index contributed by atoms with van der Waals surface area (Å²) in [5.41, 5.74) is 1.10. The lowest BCUT2D eigenvalue weighted by Crippen LogP contribution is -2.43. The van der Waals surface area contributed by atoms with Crippen molar-refractivity contribution in [3.8, 4) is 17.2 Å². The molecular weight excluding hydrogens is 412 g/mol. The summed E-state index contributed by atoms with van der Waals surface area (Å²) >= 11 is 0. The quantitative estimate of drug-likeness (QED) is 0.397. The number of benzene rings is 1. The predicted octanol–water partition coefficient (Wildman–Crippen LogP) is 4.16. The average Bonchev–Trinajstić information content (AvgIpc) is 3.43. The third-order valence-corrected chi connectivity index (χ3v) is 6.66. The Morgan fingerprint density at radius 2 is 1.78 bits per heavy atom. The van der Waals surface area contributed by atoms with Gasteiger partial charge in [-0.25, -0.2) is 4.79 Å². The number of aliphatic hydroxyl groups excluding tert-OH is 1. The summed E-state index contributed by atoms with van der Waals surface area (Å²) in [6, 6.07) is 3.16. The Labute approximate surface area is 190 Å². The molecule has 3 rings (SSSR count). The van der Waals surface area contributed by atoms with Crippen LogP contribution in [0.2, 0.25) is 0 Å². The molecule has 0 radical (unpaired) electrons. The first kappa shape index (κ1) is 24.4. The smallest absolute Gasteiger partial charge is 0.338 e. The topological polar surface area (TPSA) is 86.8 Å². The van der Waals surface area contributed by atoms with E-state index in [1.54, 1.807) is 12.1 Å². The lowest BCUT2D eigenvalue weighted by molar-refractivity contribution is -0.0419. The summed E-state index contributed by atoms with van der Waals surface area (Å²) in [4.78, 5) is 13.2. The Bertz CT molecular complexity index is 837. The largest absolute Gasteiger partial charge is 0.493 e. The van der Waals surface area contributed by atoms with E-state index in [9.17, 15) is 9.90 Å². The van der Waals surface area contributed by atoms with Crippen LogP contribution in [0.1, 0.15) is 57.3 Å². The zero-order valence-electron chi connectivity index (χ0n) is 20.1. The zero-order chi connectivity index (χ0) is 23.6. The van der Waals surface area contributed by atoms with Crippen molar-refractivity contribution < 1.29 is 33.6 Å². The summed E-state index contributed by atoms with van der Waals surface area (Å²) in [6.07, 6.45) is 3.00. The highest BCUT2D eigenvalue weighted by atomic mass is 16.6. The molecule has 1 N–H and O–H groups in total. The molecule has 0 spiro atoms. The molecule has 7 heteroatoms. The second-order valence-electron chi connectivity index (χ2n) is 9.31. The summed E-state index contributed by atoms with van der Waals surface area (Å²) in [5.74, 6) is 0.477. The first-order valence-corrected chi connectivity index (χ1v) is 11.2. The fourth-order valence-electron chi connectivity index (χ4n) is 4.80. The van der Waals surface area contributed by atoms with Crippen LogP contribution in [0.5, 0.6) is 17.2 Å². The van der Waals surface area contributed by atoms with Crippen molar-refractivity contribution in [3.63, 3.8) is 0 Å². The highest BCUT2D eigenvalue weighted by Gasteiger charge is 2.58. The number of esters is 1. The van der Waals surface area contributed by atoms with Gasteiger partial charge in [0.05, 0.1) is 38.6 Å². The summed E-state index contributed by atoms with van der Waals surface area (Å²) in [6.45, 7) is 8.16. The molecule has 1 aromatic carbocycles. The fourth-order valence-corrected chi connectivity index (χ4v) is 4.80. The van der Waals surface area contributed by atoms with Crippen LogP contribution in [0.4, 0.5) is 0 Å². The fraction of sp³-hybridized carbons (Fsp3) is 0.640. The van der Waals surface area contributed by atoms with Crippen LogP contribution < -0.4 is 14.2 Å². The van der Waals surface area contributed by atoms with Gasteiger partial charge in [0, 0.05) is 12.3 Å². The second-order valence-corrected chi connectivity index (χ2v) is 9.31. The molecule has 1 aromatic rings. The molecule has 7 nitrogen and oxygen atoms in total.